The summed E-state index contributed by atoms with van der Waals surface area (Å²) in [5.41, 5.74) is 2.97. The fourth-order valence-electron chi connectivity index (χ4n) is 2.81. The molecule has 6 heteroatoms. The van der Waals surface area contributed by atoms with Gasteiger partial charge in [-0.2, -0.15) is 0 Å². The molecular weight excluding hydrogens is 340 g/mol. The van der Waals surface area contributed by atoms with Crippen molar-refractivity contribution in [3.63, 3.8) is 0 Å². The molecule has 3 rings (SSSR count). The molecule has 27 heavy (non-hydrogen) atoms. The highest BCUT2D eigenvalue weighted by Crippen LogP contribution is 2.29. The van der Waals surface area contributed by atoms with E-state index in [0.717, 1.165) is 28.7 Å². The lowest BCUT2D eigenvalue weighted by molar-refractivity contribution is 0.355. The van der Waals surface area contributed by atoms with Gasteiger partial charge in [0.2, 0.25) is 0 Å². The molecule has 1 heterocycles. The number of aliphatic imine (C=N–C) groups is 1. The minimum absolute atomic E-state index is 0.547. The summed E-state index contributed by atoms with van der Waals surface area (Å²) in [6.07, 6.45) is 1.82. The predicted octanol–water partition coefficient (Wildman–Crippen LogP) is 3.83. The molecule has 0 bridgehead atoms. The number of aromatic nitrogens is 1. The highest BCUT2D eigenvalue weighted by Gasteiger charge is 2.07. The van der Waals surface area contributed by atoms with Crippen LogP contribution in [0.3, 0.4) is 0 Å². The van der Waals surface area contributed by atoms with E-state index >= 15 is 0 Å². The monoisotopic (exact) mass is 364 g/mol. The molecular formula is C21H24N4O2. The molecule has 0 saturated carbocycles. The van der Waals surface area contributed by atoms with E-state index in [9.17, 15) is 0 Å². The molecule has 0 aliphatic rings. The molecule has 1 aromatic heterocycles. The number of para-hydroxylation sites is 1. The van der Waals surface area contributed by atoms with E-state index in [-0.39, 0.29) is 0 Å². The number of nitrogens with one attached hydrogen (secondary N) is 2. The van der Waals surface area contributed by atoms with Crippen LogP contribution in [0, 0.1) is 0 Å². The molecule has 0 unspecified atom stereocenters. The Hall–Kier alpha value is -3.28. The second-order valence-electron chi connectivity index (χ2n) is 5.88. The first kappa shape index (κ1) is 18.5. The van der Waals surface area contributed by atoms with Gasteiger partial charge in [-0.3, -0.25) is 4.98 Å². The molecule has 0 atom stereocenters. The number of guanidine groups is 1. The molecule has 0 aliphatic heterocycles. The SMILES string of the molecule is CCNC(=NCc1ccnc2ccccc12)Nc1ccc(OC)c(OC)c1. The van der Waals surface area contributed by atoms with Gasteiger partial charge in [-0.25, -0.2) is 4.99 Å². The number of benzene rings is 2. The van der Waals surface area contributed by atoms with Crippen LogP contribution in [0.1, 0.15) is 12.5 Å². The van der Waals surface area contributed by atoms with E-state index in [4.69, 9.17) is 14.5 Å². The number of pyridine rings is 1. The van der Waals surface area contributed by atoms with Gasteiger partial charge in [-0.1, -0.05) is 18.2 Å². The van der Waals surface area contributed by atoms with E-state index in [2.05, 4.69) is 21.7 Å². The molecule has 2 N–H and O–H groups in total. The van der Waals surface area contributed by atoms with Crippen molar-refractivity contribution < 1.29 is 9.47 Å². The van der Waals surface area contributed by atoms with Gasteiger partial charge < -0.3 is 20.1 Å². The van der Waals surface area contributed by atoms with Gasteiger partial charge in [-0.05, 0) is 36.8 Å². The second-order valence-corrected chi connectivity index (χ2v) is 5.88. The number of ether oxygens (including phenoxy) is 2. The maximum atomic E-state index is 5.36. The van der Waals surface area contributed by atoms with E-state index in [1.54, 1.807) is 14.2 Å². The number of methoxy groups -OCH3 is 2. The first-order chi connectivity index (χ1) is 13.2. The third-order valence-electron chi connectivity index (χ3n) is 4.14. The first-order valence-electron chi connectivity index (χ1n) is 8.85. The zero-order valence-electron chi connectivity index (χ0n) is 15.8. The predicted molar refractivity (Wildman–Crippen MR) is 110 cm³/mol. The number of nitrogens with zero attached hydrogens (tertiary/aromatic N) is 2. The third-order valence-corrected chi connectivity index (χ3v) is 4.14. The van der Waals surface area contributed by atoms with Gasteiger partial charge in [0.05, 0.1) is 26.3 Å². The van der Waals surface area contributed by atoms with Crippen LogP contribution in [-0.2, 0) is 6.54 Å². The van der Waals surface area contributed by atoms with Crippen molar-refractivity contribution in [2.45, 2.75) is 13.5 Å². The Bertz CT molecular complexity index is 935. The van der Waals surface area contributed by atoms with Crippen molar-refractivity contribution in [1.82, 2.24) is 10.3 Å². The molecule has 0 saturated heterocycles. The van der Waals surface area contributed by atoms with Gasteiger partial charge in [-0.15, -0.1) is 0 Å². The number of hydrogen-bond acceptors (Lipinski definition) is 4. The molecule has 3 aromatic rings. The maximum absolute atomic E-state index is 5.36. The first-order valence-corrected chi connectivity index (χ1v) is 8.85. The Kier molecular flexibility index (Phi) is 6.10. The highest BCUT2D eigenvalue weighted by atomic mass is 16.5. The van der Waals surface area contributed by atoms with Crippen molar-refractivity contribution in [1.29, 1.82) is 0 Å². The number of fused-ring (bicyclic) bond motifs is 1. The van der Waals surface area contributed by atoms with Crippen LogP contribution in [0.15, 0.2) is 59.7 Å². The van der Waals surface area contributed by atoms with Crippen LogP contribution in [-0.4, -0.2) is 31.7 Å². The number of rotatable bonds is 6. The average Bonchev–Trinajstić information content (AvgIpc) is 2.72. The minimum atomic E-state index is 0.547. The van der Waals surface area contributed by atoms with Crippen molar-refractivity contribution in [3.05, 3.63) is 60.3 Å². The Morgan fingerprint density at radius 1 is 1.04 bits per heavy atom. The standard InChI is InChI=1S/C21H24N4O2/c1-4-22-21(25-16-9-10-19(26-2)20(13-16)27-3)24-14-15-11-12-23-18-8-6-5-7-17(15)18/h5-13H,4,14H2,1-3H3,(H2,22,24,25). The highest BCUT2D eigenvalue weighted by molar-refractivity contribution is 5.94. The van der Waals surface area contributed by atoms with Crippen molar-refractivity contribution >= 4 is 22.5 Å². The molecule has 0 spiro atoms. The number of anilines is 1. The minimum Gasteiger partial charge on any atom is -0.493 e. The largest absolute Gasteiger partial charge is 0.493 e. The molecule has 0 aliphatic carbocycles. The third kappa shape index (κ3) is 4.47. The summed E-state index contributed by atoms with van der Waals surface area (Å²) in [5, 5.41) is 7.70. The topological polar surface area (TPSA) is 67.8 Å². The summed E-state index contributed by atoms with van der Waals surface area (Å²) < 4.78 is 10.6. The summed E-state index contributed by atoms with van der Waals surface area (Å²) in [6, 6.07) is 15.8. The average molecular weight is 364 g/mol. The Morgan fingerprint density at radius 3 is 2.63 bits per heavy atom. The van der Waals surface area contributed by atoms with Crippen LogP contribution in [0.5, 0.6) is 11.5 Å². The Morgan fingerprint density at radius 2 is 1.85 bits per heavy atom. The maximum Gasteiger partial charge on any atom is 0.196 e. The molecule has 140 valence electrons. The van der Waals surface area contributed by atoms with Crippen LogP contribution in [0.2, 0.25) is 0 Å². The van der Waals surface area contributed by atoms with E-state index < -0.39 is 0 Å². The molecule has 0 fully saturated rings. The smallest absolute Gasteiger partial charge is 0.196 e. The quantitative estimate of drug-likeness (QED) is 0.514. The summed E-state index contributed by atoms with van der Waals surface area (Å²) in [7, 11) is 3.24. The van der Waals surface area contributed by atoms with E-state index in [1.807, 2.05) is 55.6 Å². The van der Waals surface area contributed by atoms with E-state index in [1.165, 1.54) is 0 Å². The fourth-order valence-corrected chi connectivity index (χ4v) is 2.81. The lowest BCUT2D eigenvalue weighted by Gasteiger charge is -2.14. The van der Waals surface area contributed by atoms with Crippen LogP contribution >= 0.6 is 0 Å². The van der Waals surface area contributed by atoms with E-state index in [0.29, 0.717) is 24.0 Å². The Balaban J connectivity index is 1.82. The van der Waals surface area contributed by atoms with Gasteiger partial charge in [0.25, 0.3) is 0 Å². The van der Waals surface area contributed by atoms with Gasteiger partial charge in [0.1, 0.15) is 0 Å². The van der Waals surface area contributed by atoms with Crippen molar-refractivity contribution in [3.8, 4) is 11.5 Å². The molecule has 6 nitrogen and oxygen atoms in total. The lowest BCUT2D eigenvalue weighted by atomic mass is 10.1. The van der Waals surface area contributed by atoms with Crippen LogP contribution in [0.4, 0.5) is 5.69 Å². The summed E-state index contributed by atoms with van der Waals surface area (Å²) >= 11 is 0. The molecule has 0 radical (unpaired) electrons. The summed E-state index contributed by atoms with van der Waals surface area (Å²) in [6.45, 7) is 3.34. The molecule has 2 aromatic carbocycles. The summed E-state index contributed by atoms with van der Waals surface area (Å²) in [5.74, 6) is 2.05. The lowest BCUT2D eigenvalue weighted by Crippen LogP contribution is -2.30. The second kappa shape index (κ2) is 8.89. The fraction of sp³-hybridized carbons (Fsp3) is 0.238. The summed E-state index contributed by atoms with van der Waals surface area (Å²) in [4.78, 5) is 9.12. The van der Waals surface area contributed by atoms with Gasteiger partial charge in [0, 0.05) is 29.9 Å². The van der Waals surface area contributed by atoms with Crippen LogP contribution < -0.4 is 20.1 Å². The zero-order chi connectivity index (χ0) is 19.1. The van der Waals surface area contributed by atoms with Crippen molar-refractivity contribution in [2.75, 3.05) is 26.1 Å². The molecule has 0 amide bonds. The van der Waals surface area contributed by atoms with Gasteiger partial charge in [0.15, 0.2) is 17.5 Å². The normalized spacial score (nSPS) is 11.3. The Labute approximate surface area is 159 Å². The van der Waals surface area contributed by atoms with Crippen molar-refractivity contribution in [2.24, 2.45) is 4.99 Å². The van der Waals surface area contributed by atoms with Gasteiger partial charge >= 0.3 is 0 Å². The van der Waals surface area contributed by atoms with Crippen LogP contribution in [0.25, 0.3) is 10.9 Å². The number of hydrogen-bond donors (Lipinski definition) is 2. The zero-order valence-corrected chi connectivity index (χ0v) is 15.8.